The molecule has 5 heteroatoms. The molecule has 30 heavy (non-hydrogen) atoms. The van der Waals surface area contributed by atoms with Crippen molar-refractivity contribution in [3.63, 3.8) is 0 Å². The lowest BCUT2D eigenvalue weighted by atomic mass is 9.95. The Morgan fingerprint density at radius 2 is 1.73 bits per heavy atom. The number of nitrogens with zero attached hydrogens (tertiary/aromatic N) is 5. The fourth-order valence-corrected chi connectivity index (χ4v) is 5.11. The summed E-state index contributed by atoms with van der Waals surface area (Å²) in [7, 11) is 0. The Balaban J connectivity index is 1.13. The van der Waals surface area contributed by atoms with E-state index in [2.05, 4.69) is 74.5 Å². The normalized spacial score (nSPS) is 19.0. The van der Waals surface area contributed by atoms with Crippen LogP contribution < -0.4 is 9.80 Å². The predicted octanol–water partition coefficient (Wildman–Crippen LogP) is 3.99. The SMILES string of the molecule is Cc1cccc(N2CCN(CC3CCN(c4cn5ccnc5cc4C)CC3)CC2)c1. The number of anilines is 2. The van der Waals surface area contributed by atoms with Crippen molar-refractivity contribution in [2.75, 3.05) is 55.6 Å². The van der Waals surface area contributed by atoms with Crippen LogP contribution in [0.4, 0.5) is 11.4 Å². The van der Waals surface area contributed by atoms with Crippen molar-refractivity contribution in [1.82, 2.24) is 14.3 Å². The van der Waals surface area contributed by atoms with E-state index >= 15 is 0 Å². The summed E-state index contributed by atoms with van der Waals surface area (Å²) in [6.45, 7) is 12.6. The summed E-state index contributed by atoms with van der Waals surface area (Å²) in [5, 5.41) is 0. The van der Waals surface area contributed by atoms with Gasteiger partial charge in [0.05, 0.1) is 5.69 Å². The number of hydrogen-bond donors (Lipinski definition) is 0. The van der Waals surface area contributed by atoms with E-state index in [1.807, 2.05) is 12.4 Å². The quantitative estimate of drug-likeness (QED) is 0.658. The number of aromatic nitrogens is 2. The van der Waals surface area contributed by atoms with Gasteiger partial charge in [0.2, 0.25) is 0 Å². The Bertz CT molecular complexity index is 994. The van der Waals surface area contributed by atoms with Gasteiger partial charge in [0.25, 0.3) is 0 Å². The Morgan fingerprint density at radius 1 is 0.933 bits per heavy atom. The van der Waals surface area contributed by atoms with Gasteiger partial charge in [-0.3, -0.25) is 4.90 Å². The topological polar surface area (TPSA) is 27.0 Å². The van der Waals surface area contributed by atoms with Gasteiger partial charge < -0.3 is 14.2 Å². The van der Waals surface area contributed by atoms with Gasteiger partial charge >= 0.3 is 0 Å². The molecule has 0 bridgehead atoms. The van der Waals surface area contributed by atoms with Crippen molar-refractivity contribution < 1.29 is 0 Å². The fourth-order valence-electron chi connectivity index (χ4n) is 5.11. The van der Waals surface area contributed by atoms with E-state index < -0.39 is 0 Å². The van der Waals surface area contributed by atoms with Crippen molar-refractivity contribution in [2.24, 2.45) is 5.92 Å². The Hall–Kier alpha value is -2.53. The monoisotopic (exact) mass is 403 g/mol. The molecule has 3 aromatic rings. The van der Waals surface area contributed by atoms with E-state index in [0.29, 0.717) is 0 Å². The number of imidazole rings is 1. The lowest BCUT2D eigenvalue weighted by Gasteiger charge is -2.40. The maximum Gasteiger partial charge on any atom is 0.137 e. The third-order valence-corrected chi connectivity index (χ3v) is 6.92. The van der Waals surface area contributed by atoms with E-state index in [0.717, 1.165) is 37.7 Å². The van der Waals surface area contributed by atoms with Crippen LogP contribution in [0.2, 0.25) is 0 Å². The van der Waals surface area contributed by atoms with Crippen LogP contribution in [0.1, 0.15) is 24.0 Å². The minimum Gasteiger partial charge on any atom is -0.370 e. The molecule has 2 aliphatic rings. The minimum atomic E-state index is 0.823. The summed E-state index contributed by atoms with van der Waals surface area (Å²) < 4.78 is 2.14. The highest BCUT2D eigenvalue weighted by atomic mass is 15.3. The van der Waals surface area contributed by atoms with Crippen molar-refractivity contribution in [2.45, 2.75) is 26.7 Å². The van der Waals surface area contributed by atoms with Gasteiger partial charge in [-0.1, -0.05) is 12.1 Å². The lowest BCUT2D eigenvalue weighted by Crippen LogP contribution is -2.49. The smallest absolute Gasteiger partial charge is 0.137 e. The lowest BCUT2D eigenvalue weighted by molar-refractivity contribution is 0.201. The summed E-state index contributed by atoms with van der Waals surface area (Å²) >= 11 is 0. The molecule has 2 aliphatic heterocycles. The van der Waals surface area contributed by atoms with Crippen molar-refractivity contribution >= 4 is 17.0 Å². The first kappa shape index (κ1) is 19.4. The zero-order valence-corrected chi connectivity index (χ0v) is 18.3. The highest BCUT2D eigenvalue weighted by Crippen LogP contribution is 2.28. The minimum absolute atomic E-state index is 0.823. The summed E-state index contributed by atoms with van der Waals surface area (Å²) in [6.07, 6.45) is 8.76. The molecule has 0 radical (unpaired) electrons. The molecular formula is C25H33N5. The average molecular weight is 404 g/mol. The number of pyridine rings is 1. The van der Waals surface area contributed by atoms with E-state index in [1.54, 1.807) is 0 Å². The van der Waals surface area contributed by atoms with Gasteiger partial charge in [0, 0.05) is 70.1 Å². The van der Waals surface area contributed by atoms with Crippen molar-refractivity contribution in [3.8, 4) is 0 Å². The number of benzene rings is 1. The molecule has 2 fully saturated rings. The number of aryl methyl sites for hydroxylation is 2. The van der Waals surface area contributed by atoms with E-state index in [9.17, 15) is 0 Å². The molecule has 0 amide bonds. The van der Waals surface area contributed by atoms with Gasteiger partial charge in [0.1, 0.15) is 5.65 Å². The third kappa shape index (κ3) is 4.04. The van der Waals surface area contributed by atoms with Crippen LogP contribution in [0.3, 0.4) is 0 Å². The fraction of sp³-hybridized carbons (Fsp3) is 0.480. The molecule has 5 rings (SSSR count). The predicted molar refractivity (Wildman–Crippen MR) is 125 cm³/mol. The second-order valence-electron chi connectivity index (χ2n) is 9.09. The summed E-state index contributed by atoms with van der Waals surface area (Å²) in [5.41, 5.74) is 6.47. The maximum atomic E-state index is 4.41. The van der Waals surface area contributed by atoms with Gasteiger partial charge in [-0.15, -0.1) is 0 Å². The van der Waals surface area contributed by atoms with Crippen LogP contribution in [0, 0.1) is 19.8 Å². The van der Waals surface area contributed by atoms with Crippen LogP contribution in [0.25, 0.3) is 5.65 Å². The first-order valence-electron chi connectivity index (χ1n) is 11.4. The van der Waals surface area contributed by atoms with Crippen LogP contribution in [0.15, 0.2) is 48.9 Å². The molecule has 2 saturated heterocycles. The Kier molecular flexibility index (Phi) is 5.38. The first-order valence-corrected chi connectivity index (χ1v) is 11.4. The van der Waals surface area contributed by atoms with Gasteiger partial charge in [0.15, 0.2) is 0 Å². The molecule has 5 nitrogen and oxygen atoms in total. The molecule has 158 valence electrons. The van der Waals surface area contributed by atoms with Crippen LogP contribution >= 0.6 is 0 Å². The third-order valence-electron chi connectivity index (χ3n) is 6.92. The van der Waals surface area contributed by atoms with E-state index in [-0.39, 0.29) is 0 Å². The molecule has 2 aromatic heterocycles. The van der Waals surface area contributed by atoms with Gasteiger partial charge in [-0.2, -0.15) is 0 Å². The summed E-state index contributed by atoms with van der Waals surface area (Å²) in [6, 6.07) is 11.1. The largest absolute Gasteiger partial charge is 0.370 e. The van der Waals surface area contributed by atoms with Gasteiger partial charge in [-0.05, 0) is 61.9 Å². The molecule has 0 spiro atoms. The average Bonchev–Trinajstić information content (AvgIpc) is 3.21. The summed E-state index contributed by atoms with van der Waals surface area (Å²) in [4.78, 5) is 12.2. The maximum absolute atomic E-state index is 4.41. The van der Waals surface area contributed by atoms with Crippen LogP contribution in [-0.2, 0) is 0 Å². The van der Waals surface area contributed by atoms with Crippen molar-refractivity contribution in [3.05, 3.63) is 60.0 Å². The summed E-state index contributed by atoms with van der Waals surface area (Å²) in [5.74, 6) is 0.823. The zero-order valence-electron chi connectivity index (χ0n) is 18.3. The Labute approximate surface area is 179 Å². The number of rotatable bonds is 4. The number of fused-ring (bicyclic) bond motifs is 1. The van der Waals surface area contributed by atoms with Crippen molar-refractivity contribution in [1.29, 1.82) is 0 Å². The molecule has 0 aliphatic carbocycles. The second-order valence-corrected chi connectivity index (χ2v) is 9.09. The van der Waals surface area contributed by atoms with Crippen LogP contribution in [0.5, 0.6) is 0 Å². The van der Waals surface area contributed by atoms with Crippen LogP contribution in [-0.4, -0.2) is 60.1 Å². The van der Waals surface area contributed by atoms with E-state index in [1.165, 1.54) is 55.0 Å². The molecule has 1 aromatic carbocycles. The number of hydrogen-bond acceptors (Lipinski definition) is 4. The molecule has 0 atom stereocenters. The Morgan fingerprint density at radius 3 is 2.50 bits per heavy atom. The molecule has 0 unspecified atom stereocenters. The molecule has 0 N–H and O–H groups in total. The highest BCUT2D eigenvalue weighted by Gasteiger charge is 2.25. The van der Waals surface area contributed by atoms with E-state index in [4.69, 9.17) is 0 Å². The molecular weight excluding hydrogens is 370 g/mol. The molecule has 4 heterocycles. The first-order chi connectivity index (χ1) is 14.7. The highest BCUT2D eigenvalue weighted by molar-refractivity contribution is 5.58. The standard InChI is InChI=1S/C25H33N5/c1-20-4-3-5-23(16-20)28-14-12-27(13-15-28)18-22-6-9-29(10-7-22)24-19-30-11-8-26-25(30)17-21(24)2/h3-5,8,11,16-17,19,22H,6-7,9-10,12-15,18H2,1-2H3. The number of piperazine rings is 1. The second kappa shape index (κ2) is 8.31. The number of piperidine rings is 1. The van der Waals surface area contributed by atoms with Gasteiger partial charge in [-0.25, -0.2) is 4.98 Å². The molecule has 0 saturated carbocycles. The zero-order chi connectivity index (χ0) is 20.5.